The zero-order chi connectivity index (χ0) is 29.7. The van der Waals surface area contributed by atoms with Crippen LogP contribution in [0.25, 0.3) is 0 Å². The summed E-state index contributed by atoms with van der Waals surface area (Å²) in [7, 11) is 2.98. The van der Waals surface area contributed by atoms with Gasteiger partial charge < -0.3 is 19.1 Å². The average molecular weight is 571 g/mol. The molecule has 2 unspecified atom stereocenters. The fourth-order valence-corrected chi connectivity index (χ4v) is 5.20. The first-order chi connectivity index (χ1) is 19.6. The number of benzene rings is 3. The molecule has 0 aliphatic carbocycles. The summed E-state index contributed by atoms with van der Waals surface area (Å²) < 4.78 is 56.5. The molecule has 0 radical (unpaired) electrons. The Kier molecular flexibility index (Phi) is 9.10. The van der Waals surface area contributed by atoms with Gasteiger partial charge in [-0.1, -0.05) is 48.5 Å². The van der Waals surface area contributed by atoms with Gasteiger partial charge in [-0.2, -0.15) is 13.2 Å². The van der Waals surface area contributed by atoms with E-state index in [1.165, 1.54) is 31.3 Å². The number of anilines is 1. The van der Waals surface area contributed by atoms with E-state index >= 15 is 0 Å². The molecule has 10 heteroatoms. The van der Waals surface area contributed by atoms with E-state index in [1.807, 2.05) is 37.3 Å². The number of rotatable bonds is 8. The van der Waals surface area contributed by atoms with Crippen LogP contribution in [0.1, 0.15) is 48.6 Å². The number of amides is 2. The Hall–Kier alpha value is -4.21. The normalized spacial score (nSPS) is 16.5. The molecule has 7 nitrogen and oxygen atoms in total. The summed E-state index contributed by atoms with van der Waals surface area (Å²) in [6.07, 6.45) is -4.92. The van der Waals surface area contributed by atoms with Crippen LogP contribution >= 0.6 is 0 Å². The largest absolute Gasteiger partial charge is 0.493 e. The molecule has 0 fully saturated rings. The molecule has 1 aliphatic rings. The number of alkyl halides is 3. The highest BCUT2D eigenvalue weighted by Crippen LogP contribution is 2.46. The quantitative estimate of drug-likeness (QED) is 0.298. The molecule has 218 valence electrons. The molecule has 2 amide bonds. The smallest absolute Gasteiger partial charge is 0.416 e. The number of fused-ring (bicyclic) bond motifs is 1. The molecule has 0 saturated carbocycles. The summed E-state index contributed by atoms with van der Waals surface area (Å²) in [6.45, 7) is 3.98. The number of carbonyl (C=O) groups is 2. The van der Waals surface area contributed by atoms with Gasteiger partial charge in [0.05, 0.1) is 44.5 Å². The minimum atomic E-state index is -4.52. The second-order valence-corrected chi connectivity index (χ2v) is 9.82. The van der Waals surface area contributed by atoms with E-state index in [0.29, 0.717) is 29.2 Å². The Bertz CT molecular complexity index is 1380. The number of hydrogen-bond acceptors (Lipinski definition) is 5. The monoisotopic (exact) mass is 570 g/mol. The second kappa shape index (κ2) is 12.5. The van der Waals surface area contributed by atoms with Crippen molar-refractivity contribution in [3.8, 4) is 11.5 Å². The van der Waals surface area contributed by atoms with Gasteiger partial charge in [-0.15, -0.1) is 0 Å². The zero-order valence-corrected chi connectivity index (χ0v) is 23.4. The molecule has 3 aromatic rings. The van der Waals surface area contributed by atoms with E-state index < -0.39 is 23.9 Å². The highest BCUT2D eigenvalue weighted by Gasteiger charge is 2.40. The lowest BCUT2D eigenvalue weighted by Gasteiger charge is -2.43. The zero-order valence-electron chi connectivity index (χ0n) is 23.4. The highest BCUT2D eigenvalue weighted by atomic mass is 19.4. The van der Waals surface area contributed by atoms with Crippen molar-refractivity contribution < 1.29 is 37.0 Å². The van der Waals surface area contributed by atoms with E-state index in [9.17, 15) is 22.8 Å². The van der Waals surface area contributed by atoms with E-state index in [1.54, 1.807) is 24.0 Å². The van der Waals surface area contributed by atoms with Crippen molar-refractivity contribution >= 4 is 17.7 Å². The molecule has 4 rings (SSSR count). The summed E-state index contributed by atoms with van der Waals surface area (Å²) in [5.74, 6) is 0.466. The van der Waals surface area contributed by atoms with Gasteiger partial charge in [-0.25, -0.2) is 4.79 Å². The lowest BCUT2D eigenvalue weighted by atomic mass is 9.89. The summed E-state index contributed by atoms with van der Waals surface area (Å²) in [5.41, 5.74) is 1.45. The van der Waals surface area contributed by atoms with Crippen LogP contribution in [0.3, 0.4) is 0 Å². The molecule has 0 saturated heterocycles. The third-order valence-corrected chi connectivity index (χ3v) is 7.12. The fourth-order valence-electron chi connectivity index (χ4n) is 5.20. The van der Waals surface area contributed by atoms with Gasteiger partial charge in [0.2, 0.25) is 5.91 Å². The summed E-state index contributed by atoms with van der Waals surface area (Å²) in [5, 5.41) is 0. The van der Waals surface area contributed by atoms with Gasteiger partial charge >= 0.3 is 12.3 Å². The van der Waals surface area contributed by atoms with Gasteiger partial charge in [0.25, 0.3) is 0 Å². The van der Waals surface area contributed by atoms with E-state index in [4.69, 9.17) is 14.2 Å². The standard InChI is InChI=1S/C31H33F3N2O5/c1-5-41-30(38)36-20(2)14-25(24-17-27(39-3)28(40-4)18-26(24)36)35(19-21-10-7-6-8-11-21)29(37)16-22-12-9-13-23(15-22)31(32,33)34/h6-13,15,17-18,20,25H,5,14,16,19H2,1-4H3. The van der Waals surface area contributed by atoms with Gasteiger partial charge in [0.15, 0.2) is 11.5 Å². The van der Waals surface area contributed by atoms with Crippen LogP contribution in [0, 0.1) is 0 Å². The molecule has 1 heterocycles. The van der Waals surface area contributed by atoms with Crippen molar-refractivity contribution in [3.05, 3.63) is 89.0 Å². The van der Waals surface area contributed by atoms with Crippen LogP contribution in [0.15, 0.2) is 66.7 Å². The number of nitrogens with zero attached hydrogens (tertiary/aromatic N) is 2. The minimum Gasteiger partial charge on any atom is -0.493 e. The molecule has 2 atom stereocenters. The van der Waals surface area contributed by atoms with Crippen LogP contribution in [0.4, 0.5) is 23.7 Å². The maximum absolute atomic E-state index is 14.0. The Morgan fingerprint density at radius 2 is 1.61 bits per heavy atom. The highest BCUT2D eigenvalue weighted by molar-refractivity contribution is 5.91. The van der Waals surface area contributed by atoms with Crippen LogP contribution in [0.2, 0.25) is 0 Å². The average Bonchev–Trinajstić information content (AvgIpc) is 2.95. The van der Waals surface area contributed by atoms with Gasteiger partial charge in [-0.05, 0) is 43.5 Å². The minimum absolute atomic E-state index is 0.184. The molecular weight excluding hydrogens is 537 g/mol. The van der Waals surface area contributed by atoms with Gasteiger partial charge in [0, 0.05) is 24.2 Å². The van der Waals surface area contributed by atoms with E-state index in [0.717, 1.165) is 17.7 Å². The molecule has 0 bridgehead atoms. The maximum Gasteiger partial charge on any atom is 0.416 e. The lowest BCUT2D eigenvalue weighted by molar-refractivity contribution is -0.138. The van der Waals surface area contributed by atoms with Gasteiger partial charge in [-0.3, -0.25) is 9.69 Å². The lowest BCUT2D eigenvalue weighted by Crippen LogP contribution is -2.48. The topological polar surface area (TPSA) is 68.3 Å². The van der Waals surface area contributed by atoms with Gasteiger partial charge in [0.1, 0.15) is 0 Å². The molecule has 41 heavy (non-hydrogen) atoms. The molecule has 1 aliphatic heterocycles. The first-order valence-electron chi connectivity index (χ1n) is 13.3. The van der Waals surface area contributed by atoms with Crippen molar-refractivity contribution in [2.24, 2.45) is 0 Å². The second-order valence-electron chi connectivity index (χ2n) is 9.82. The van der Waals surface area contributed by atoms with Crippen LogP contribution < -0.4 is 14.4 Å². The number of ether oxygens (including phenoxy) is 3. The Balaban J connectivity index is 1.81. The van der Waals surface area contributed by atoms with Crippen molar-refractivity contribution in [2.45, 2.75) is 51.5 Å². The predicted octanol–water partition coefficient (Wildman–Crippen LogP) is 6.79. The predicted molar refractivity (Wildman–Crippen MR) is 148 cm³/mol. The number of carbonyl (C=O) groups excluding carboxylic acids is 2. The van der Waals surface area contributed by atoms with Crippen molar-refractivity contribution in [1.82, 2.24) is 4.90 Å². The fraction of sp³-hybridized carbons (Fsp3) is 0.355. The Labute approximate surface area is 237 Å². The van der Waals surface area contributed by atoms with E-state index in [-0.39, 0.29) is 37.1 Å². The molecular formula is C31H33F3N2O5. The molecule has 0 aromatic heterocycles. The van der Waals surface area contributed by atoms with Crippen LogP contribution in [0.5, 0.6) is 11.5 Å². The summed E-state index contributed by atoms with van der Waals surface area (Å²) in [6, 6.07) is 16.7. The Morgan fingerprint density at radius 3 is 2.24 bits per heavy atom. The number of halogens is 3. The third-order valence-electron chi connectivity index (χ3n) is 7.12. The van der Waals surface area contributed by atoms with Crippen molar-refractivity contribution in [1.29, 1.82) is 0 Å². The van der Waals surface area contributed by atoms with Crippen molar-refractivity contribution in [2.75, 3.05) is 25.7 Å². The summed E-state index contributed by atoms with van der Waals surface area (Å²) in [4.78, 5) is 30.2. The van der Waals surface area contributed by atoms with E-state index in [2.05, 4.69) is 0 Å². The molecule has 0 spiro atoms. The maximum atomic E-state index is 14.0. The number of hydrogen-bond donors (Lipinski definition) is 0. The first-order valence-corrected chi connectivity index (χ1v) is 13.3. The SMILES string of the molecule is CCOC(=O)N1c2cc(OC)c(OC)cc2C(N(Cc2ccccc2)C(=O)Cc2cccc(C(F)(F)F)c2)CC1C. The van der Waals surface area contributed by atoms with Crippen LogP contribution in [-0.2, 0) is 28.7 Å². The van der Waals surface area contributed by atoms with Crippen LogP contribution in [-0.4, -0.2) is 43.8 Å². The molecule has 3 aromatic carbocycles. The molecule has 0 N–H and O–H groups in total. The Morgan fingerprint density at radius 1 is 0.951 bits per heavy atom. The number of methoxy groups -OCH3 is 2. The first kappa shape index (κ1) is 29.8. The van der Waals surface area contributed by atoms with Crippen molar-refractivity contribution in [3.63, 3.8) is 0 Å². The third kappa shape index (κ3) is 6.58. The summed E-state index contributed by atoms with van der Waals surface area (Å²) >= 11 is 0.